The third kappa shape index (κ3) is 2.68. The lowest BCUT2D eigenvalue weighted by molar-refractivity contribution is 0.624. The van der Waals surface area contributed by atoms with E-state index in [-0.39, 0.29) is 5.82 Å². The van der Waals surface area contributed by atoms with E-state index in [1.165, 1.54) is 5.19 Å². The molecule has 0 amide bonds. The van der Waals surface area contributed by atoms with E-state index >= 15 is 0 Å². The summed E-state index contributed by atoms with van der Waals surface area (Å²) in [7, 11) is -1.38. The molecule has 0 spiro atoms. The Kier molecular flexibility index (Phi) is 3.15. The number of benzene rings is 1. The number of hydrogen-bond acceptors (Lipinski definition) is 0. The summed E-state index contributed by atoms with van der Waals surface area (Å²) in [6.07, 6.45) is 0. The zero-order valence-corrected chi connectivity index (χ0v) is 10.7. The standard InChI is InChI=1S/C12H19FSi/c1-9(2)10-6-11(13)8-12(7-10)14(3,4)5/h6-9H,1-5H3. The lowest BCUT2D eigenvalue weighted by Gasteiger charge is -2.18. The van der Waals surface area contributed by atoms with Crippen LogP contribution in [0.4, 0.5) is 4.39 Å². The zero-order valence-electron chi connectivity index (χ0n) is 9.69. The molecule has 0 aliphatic heterocycles. The molecule has 0 heterocycles. The molecule has 0 aliphatic carbocycles. The Hall–Kier alpha value is -0.633. The van der Waals surface area contributed by atoms with Crippen molar-refractivity contribution in [1.82, 2.24) is 0 Å². The summed E-state index contributed by atoms with van der Waals surface area (Å²) in [5.74, 6) is 0.314. The minimum atomic E-state index is -1.38. The summed E-state index contributed by atoms with van der Waals surface area (Å²) in [6.45, 7) is 10.9. The van der Waals surface area contributed by atoms with E-state index < -0.39 is 8.07 Å². The topological polar surface area (TPSA) is 0 Å². The average molecular weight is 210 g/mol. The first-order valence-electron chi connectivity index (χ1n) is 5.11. The first-order valence-corrected chi connectivity index (χ1v) is 8.61. The fraction of sp³-hybridized carbons (Fsp3) is 0.500. The van der Waals surface area contributed by atoms with Crippen molar-refractivity contribution in [3.8, 4) is 0 Å². The Bertz CT molecular complexity index is 324. The molecule has 78 valence electrons. The van der Waals surface area contributed by atoms with Crippen LogP contribution < -0.4 is 5.19 Å². The predicted molar refractivity (Wildman–Crippen MR) is 63.5 cm³/mol. The summed E-state index contributed by atoms with van der Waals surface area (Å²) < 4.78 is 13.3. The van der Waals surface area contributed by atoms with E-state index in [1.54, 1.807) is 12.1 Å². The van der Waals surface area contributed by atoms with Crippen molar-refractivity contribution in [2.75, 3.05) is 0 Å². The first-order chi connectivity index (χ1) is 6.30. The lowest BCUT2D eigenvalue weighted by atomic mass is 10.0. The van der Waals surface area contributed by atoms with Crippen molar-refractivity contribution in [2.24, 2.45) is 0 Å². The van der Waals surface area contributed by atoms with Crippen LogP contribution in [0.2, 0.25) is 19.6 Å². The first kappa shape index (κ1) is 11.4. The van der Waals surface area contributed by atoms with E-state index in [2.05, 4.69) is 39.6 Å². The van der Waals surface area contributed by atoms with Gasteiger partial charge in [0.15, 0.2) is 0 Å². The van der Waals surface area contributed by atoms with E-state index in [9.17, 15) is 4.39 Å². The molecule has 0 atom stereocenters. The highest BCUT2D eigenvalue weighted by Gasteiger charge is 2.18. The van der Waals surface area contributed by atoms with Crippen molar-refractivity contribution in [1.29, 1.82) is 0 Å². The molecule has 14 heavy (non-hydrogen) atoms. The molecule has 0 nitrogen and oxygen atoms in total. The lowest BCUT2D eigenvalue weighted by Crippen LogP contribution is -2.38. The minimum Gasteiger partial charge on any atom is -0.207 e. The Morgan fingerprint density at radius 1 is 1.07 bits per heavy atom. The predicted octanol–water partition coefficient (Wildman–Crippen LogP) is 3.49. The van der Waals surface area contributed by atoms with Gasteiger partial charge < -0.3 is 0 Å². The van der Waals surface area contributed by atoms with Gasteiger partial charge in [-0.15, -0.1) is 0 Å². The molecule has 0 saturated heterocycles. The van der Waals surface area contributed by atoms with Crippen LogP contribution in [0.15, 0.2) is 18.2 Å². The van der Waals surface area contributed by atoms with Gasteiger partial charge in [-0.3, -0.25) is 0 Å². The number of rotatable bonds is 2. The maximum Gasteiger partial charge on any atom is 0.123 e. The van der Waals surface area contributed by atoms with Gasteiger partial charge in [0.25, 0.3) is 0 Å². The molecule has 0 saturated carbocycles. The van der Waals surface area contributed by atoms with Gasteiger partial charge in [-0.25, -0.2) is 4.39 Å². The third-order valence-corrected chi connectivity index (χ3v) is 4.47. The molecule has 1 aromatic carbocycles. The van der Waals surface area contributed by atoms with Crippen LogP contribution in [0, 0.1) is 5.82 Å². The highest BCUT2D eigenvalue weighted by molar-refractivity contribution is 6.88. The second-order valence-electron chi connectivity index (χ2n) is 5.18. The zero-order chi connectivity index (χ0) is 10.9. The summed E-state index contributed by atoms with van der Waals surface area (Å²) in [5.41, 5.74) is 1.11. The fourth-order valence-electron chi connectivity index (χ4n) is 1.38. The van der Waals surface area contributed by atoms with Gasteiger partial charge in [0.1, 0.15) is 5.82 Å². The molecule has 0 aliphatic rings. The molecule has 1 aromatic rings. The van der Waals surface area contributed by atoms with E-state index in [4.69, 9.17) is 0 Å². The second-order valence-corrected chi connectivity index (χ2v) is 10.3. The molecule has 1 rings (SSSR count). The van der Waals surface area contributed by atoms with Gasteiger partial charge in [0.05, 0.1) is 8.07 Å². The van der Waals surface area contributed by atoms with E-state index in [0.29, 0.717) is 5.92 Å². The minimum absolute atomic E-state index is 0.0892. The molecule has 0 aromatic heterocycles. The molecule has 0 fully saturated rings. The largest absolute Gasteiger partial charge is 0.207 e. The number of hydrogen-bond donors (Lipinski definition) is 0. The van der Waals surface area contributed by atoms with Gasteiger partial charge >= 0.3 is 0 Å². The van der Waals surface area contributed by atoms with Crippen molar-refractivity contribution in [3.63, 3.8) is 0 Å². The van der Waals surface area contributed by atoms with Crippen LogP contribution in [0.1, 0.15) is 25.3 Å². The Labute approximate surface area is 87.2 Å². The van der Waals surface area contributed by atoms with Crippen LogP contribution in [0.25, 0.3) is 0 Å². The van der Waals surface area contributed by atoms with Gasteiger partial charge in [0.2, 0.25) is 0 Å². The number of halogens is 1. The summed E-state index contributed by atoms with van der Waals surface area (Å²) in [5, 5.41) is 1.21. The average Bonchev–Trinajstić information content (AvgIpc) is 2.01. The molecular formula is C12H19FSi. The highest BCUT2D eigenvalue weighted by atomic mass is 28.3. The van der Waals surface area contributed by atoms with E-state index in [0.717, 1.165) is 5.56 Å². The van der Waals surface area contributed by atoms with Crippen molar-refractivity contribution < 1.29 is 4.39 Å². The summed E-state index contributed by atoms with van der Waals surface area (Å²) >= 11 is 0. The molecule has 0 bridgehead atoms. The van der Waals surface area contributed by atoms with Gasteiger partial charge in [-0.1, -0.05) is 44.7 Å². The Morgan fingerprint density at radius 3 is 2.07 bits per heavy atom. The van der Waals surface area contributed by atoms with Gasteiger partial charge in [0, 0.05) is 0 Å². The molecule has 0 N–H and O–H groups in total. The molecule has 0 radical (unpaired) electrons. The van der Waals surface area contributed by atoms with Crippen LogP contribution in [-0.4, -0.2) is 8.07 Å². The van der Waals surface area contributed by atoms with Crippen LogP contribution in [-0.2, 0) is 0 Å². The van der Waals surface area contributed by atoms with E-state index in [1.807, 2.05) is 0 Å². The quantitative estimate of drug-likeness (QED) is 0.655. The Morgan fingerprint density at radius 2 is 1.64 bits per heavy atom. The van der Waals surface area contributed by atoms with Crippen molar-refractivity contribution in [3.05, 3.63) is 29.6 Å². The van der Waals surface area contributed by atoms with Crippen LogP contribution in [0.5, 0.6) is 0 Å². The monoisotopic (exact) mass is 210 g/mol. The molecular weight excluding hydrogens is 191 g/mol. The maximum atomic E-state index is 13.3. The maximum absolute atomic E-state index is 13.3. The fourth-order valence-corrected chi connectivity index (χ4v) is 2.55. The summed E-state index contributed by atoms with van der Waals surface area (Å²) in [4.78, 5) is 0. The normalized spacial score (nSPS) is 12.2. The SMILES string of the molecule is CC(C)c1cc(F)cc([Si](C)(C)C)c1. The third-order valence-electron chi connectivity index (χ3n) is 2.45. The summed E-state index contributed by atoms with van der Waals surface area (Å²) in [6, 6.07) is 5.51. The van der Waals surface area contributed by atoms with Gasteiger partial charge in [-0.05, 0) is 23.6 Å². The van der Waals surface area contributed by atoms with Crippen molar-refractivity contribution >= 4 is 13.3 Å². The van der Waals surface area contributed by atoms with Crippen molar-refractivity contribution in [2.45, 2.75) is 39.4 Å². The smallest absolute Gasteiger partial charge is 0.123 e. The molecule has 0 unspecified atom stereocenters. The van der Waals surface area contributed by atoms with Crippen LogP contribution >= 0.6 is 0 Å². The van der Waals surface area contributed by atoms with Crippen LogP contribution in [0.3, 0.4) is 0 Å². The highest BCUT2D eigenvalue weighted by Crippen LogP contribution is 2.16. The Balaban J connectivity index is 3.21. The molecule has 2 heteroatoms. The van der Waals surface area contributed by atoms with Gasteiger partial charge in [-0.2, -0.15) is 0 Å². The second kappa shape index (κ2) is 3.85.